The molecule has 0 spiro atoms. The molecule has 1 saturated heterocycles. The number of carbonyl (C=O) groups excluding carboxylic acids is 1. The maximum absolute atomic E-state index is 14.7. The van der Waals surface area contributed by atoms with Gasteiger partial charge in [0.25, 0.3) is 0 Å². The Balaban J connectivity index is 1.53. The number of carbonyl (C=O) groups is 1. The molecule has 2 aromatic heterocycles. The number of aromatic nitrogens is 4. The van der Waals surface area contributed by atoms with Crippen LogP contribution in [0.4, 0.5) is 22.0 Å². The third-order valence-corrected chi connectivity index (χ3v) is 7.54. The summed E-state index contributed by atoms with van der Waals surface area (Å²) < 4.78 is 22.0. The van der Waals surface area contributed by atoms with Gasteiger partial charge in [0.2, 0.25) is 17.8 Å². The maximum atomic E-state index is 14.7. The predicted molar refractivity (Wildman–Crippen MR) is 133 cm³/mol. The summed E-state index contributed by atoms with van der Waals surface area (Å²) in [5.74, 6) is -0.116. The van der Waals surface area contributed by atoms with Crippen LogP contribution in [0.15, 0.2) is 18.3 Å². The molecule has 5 rings (SSSR count). The van der Waals surface area contributed by atoms with Crippen LogP contribution >= 0.6 is 23.2 Å². The van der Waals surface area contributed by atoms with Gasteiger partial charge in [-0.05, 0) is 50.7 Å². The first-order valence-electron chi connectivity index (χ1n) is 11.7. The molecule has 35 heavy (non-hydrogen) atoms. The molecule has 3 heterocycles. The summed E-state index contributed by atoms with van der Waals surface area (Å²) >= 11 is 12.4. The maximum Gasteiger partial charge on any atom is 0.224 e. The largest absolute Gasteiger partial charge is 0.381 e. The van der Waals surface area contributed by atoms with E-state index >= 15 is 0 Å². The van der Waals surface area contributed by atoms with E-state index in [4.69, 9.17) is 38.7 Å². The molecule has 1 aliphatic carbocycles. The zero-order chi connectivity index (χ0) is 24.5. The number of rotatable bonds is 6. The Labute approximate surface area is 211 Å². The first kappa shape index (κ1) is 24.0. The Morgan fingerprint density at radius 1 is 1.11 bits per heavy atom. The molecular formula is C23H26Cl2FN7O2. The van der Waals surface area contributed by atoms with Gasteiger partial charge in [-0.1, -0.05) is 23.2 Å². The molecule has 1 aliphatic heterocycles. The molecule has 186 valence electrons. The van der Waals surface area contributed by atoms with Gasteiger partial charge in [0, 0.05) is 31.2 Å². The number of nitrogens with one attached hydrogen (secondary N) is 2. The molecule has 0 atom stereocenters. The van der Waals surface area contributed by atoms with Gasteiger partial charge >= 0.3 is 0 Å². The van der Waals surface area contributed by atoms with Crippen molar-refractivity contribution in [1.29, 1.82) is 0 Å². The minimum Gasteiger partial charge on any atom is -0.381 e. The summed E-state index contributed by atoms with van der Waals surface area (Å²) in [4.78, 5) is 25.6. The van der Waals surface area contributed by atoms with Crippen LogP contribution in [0.25, 0.3) is 11.2 Å². The number of fused-ring (bicyclic) bond motifs is 1. The van der Waals surface area contributed by atoms with Crippen LogP contribution in [0.3, 0.4) is 0 Å². The Morgan fingerprint density at radius 2 is 1.86 bits per heavy atom. The molecule has 2 fully saturated rings. The summed E-state index contributed by atoms with van der Waals surface area (Å²) in [7, 11) is 0. The normalized spacial score (nSPS) is 21.2. The quantitative estimate of drug-likeness (QED) is 0.397. The standard InChI is InChI=1S/C23H26Cl2FN7O2/c24-15-5-6-16(26)19(18(15)25)31-23-30-17-11-28-22(29-13-7-9-35-10-8-13)32-21(17)33(23)14-3-1-12(2-4-14)20(27)34/h5-6,11-14H,1-4,7-10H2,(H2,27,34)(H,30,31)(H,28,29,32)/t12-,14+. The second kappa shape index (κ2) is 10.1. The second-order valence-corrected chi connectivity index (χ2v) is 9.78. The van der Waals surface area contributed by atoms with Gasteiger partial charge in [0.05, 0.1) is 21.9 Å². The molecular weight excluding hydrogens is 496 g/mol. The monoisotopic (exact) mass is 521 g/mol. The van der Waals surface area contributed by atoms with Gasteiger partial charge in [0.1, 0.15) is 11.3 Å². The van der Waals surface area contributed by atoms with E-state index in [1.54, 1.807) is 6.20 Å². The summed E-state index contributed by atoms with van der Waals surface area (Å²) in [6.45, 7) is 1.39. The highest BCUT2D eigenvalue weighted by Crippen LogP contribution is 2.39. The lowest BCUT2D eigenvalue weighted by Gasteiger charge is -2.29. The highest BCUT2D eigenvalue weighted by atomic mass is 35.5. The Kier molecular flexibility index (Phi) is 6.95. The third-order valence-electron chi connectivity index (χ3n) is 6.73. The number of amides is 1. The van der Waals surface area contributed by atoms with Crippen molar-refractivity contribution in [1.82, 2.24) is 19.5 Å². The number of benzene rings is 1. The summed E-state index contributed by atoms with van der Waals surface area (Å²) in [6.07, 6.45) is 6.11. The number of nitrogens with two attached hydrogens (primary N) is 1. The lowest BCUT2D eigenvalue weighted by Crippen LogP contribution is -2.29. The van der Waals surface area contributed by atoms with Crippen LogP contribution in [0.5, 0.6) is 0 Å². The topological polar surface area (TPSA) is 120 Å². The van der Waals surface area contributed by atoms with Crippen LogP contribution < -0.4 is 16.4 Å². The molecule has 12 heteroatoms. The third kappa shape index (κ3) is 5.00. The molecule has 1 saturated carbocycles. The van der Waals surface area contributed by atoms with Gasteiger partial charge in [-0.2, -0.15) is 4.98 Å². The fraction of sp³-hybridized carbons (Fsp3) is 0.478. The number of nitrogens with zero attached hydrogens (tertiary/aromatic N) is 4. The van der Waals surface area contributed by atoms with Crippen LogP contribution in [0.2, 0.25) is 10.0 Å². The van der Waals surface area contributed by atoms with E-state index in [9.17, 15) is 9.18 Å². The second-order valence-electron chi connectivity index (χ2n) is 8.99. The van der Waals surface area contributed by atoms with E-state index in [1.807, 2.05) is 4.57 Å². The zero-order valence-corrected chi connectivity index (χ0v) is 20.4. The van der Waals surface area contributed by atoms with Gasteiger partial charge in [0.15, 0.2) is 5.65 Å². The molecule has 3 aromatic rings. The smallest absolute Gasteiger partial charge is 0.224 e. The highest BCUT2D eigenvalue weighted by molar-refractivity contribution is 6.43. The van der Waals surface area contributed by atoms with Crippen molar-refractivity contribution < 1.29 is 13.9 Å². The number of ether oxygens (including phenoxy) is 1. The van der Waals surface area contributed by atoms with Crippen molar-refractivity contribution in [2.24, 2.45) is 11.7 Å². The van der Waals surface area contributed by atoms with Gasteiger partial charge < -0.3 is 21.1 Å². The minimum atomic E-state index is -0.552. The van der Waals surface area contributed by atoms with Gasteiger partial charge in [-0.25, -0.2) is 14.4 Å². The first-order valence-corrected chi connectivity index (χ1v) is 12.5. The van der Waals surface area contributed by atoms with Crippen LogP contribution in [0.1, 0.15) is 44.6 Å². The van der Waals surface area contributed by atoms with E-state index in [2.05, 4.69) is 20.6 Å². The van der Waals surface area contributed by atoms with Gasteiger partial charge in [-0.3, -0.25) is 9.36 Å². The highest BCUT2D eigenvalue weighted by Gasteiger charge is 2.30. The van der Waals surface area contributed by atoms with Gasteiger partial charge in [-0.15, -0.1) is 0 Å². The first-order chi connectivity index (χ1) is 16.9. The molecule has 1 amide bonds. The number of hydrogen-bond donors (Lipinski definition) is 3. The fourth-order valence-electron chi connectivity index (χ4n) is 4.79. The Hall–Kier alpha value is -2.69. The SMILES string of the molecule is NC(=O)[C@H]1CC[C@@H](n2c(Nc3c(F)ccc(Cl)c3Cl)nc3cnc(NC4CCOCC4)nc32)CC1. The summed E-state index contributed by atoms with van der Waals surface area (Å²) in [5.41, 5.74) is 6.74. The zero-order valence-electron chi connectivity index (χ0n) is 18.9. The fourth-order valence-corrected chi connectivity index (χ4v) is 5.15. The van der Waals surface area contributed by atoms with Crippen LogP contribution in [-0.2, 0) is 9.53 Å². The molecule has 0 radical (unpaired) electrons. The Bertz CT molecular complexity index is 1240. The van der Waals surface area contributed by atoms with E-state index in [0.717, 1.165) is 12.8 Å². The van der Waals surface area contributed by atoms with Crippen LogP contribution in [0, 0.1) is 11.7 Å². The van der Waals surface area contributed by atoms with E-state index in [1.165, 1.54) is 12.1 Å². The number of anilines is 3. The number of halogens is 3. The molecule has 2 aliphatic rings. The van der Waals surface area contributed by atoms with Crippen molar-refractivity contribution in [3.05, 3.63) is 34.2 Å². The van der Waals surface area contributed by atoms with Crippen molar-refractivity contribution in [2.45, 2.75) is 50.6 Å². The molecule has 4 N–H and O–H groups in total. The lowest BCUT2D eigenvalue weighted by atomic mass is 9.85. The number of primary amides is 1. The van der Waals surface area contributed by atoms with E-state index in [0.29, 0.717) is 62.0 Å². The average molecular weight is 522 g/mol. The van der Waals surface area contributed by atoms with Crippen molar-refractivity contribution >= 4 is 57.9 Å². The summed E-state index contributed by atoms with van der Waals surface area (Å²) in [6, 6.07) is 2.85. The van der Waals surface area contributed by atoms with Crippen molar-refractivity contribution in [3.8, 4) is 0 Å². The van der Waals surface area contributed by atoms with Crippen molar-refractivity contribution in [3.63, 3.8) is 0 Å². The van der Waals surface area contributed by atoms with E-state index < -0.39 is 5.82 Å². The number of imidazole rings is 1. The molecule has 1 aromatic carbocycles. The predicted octanol–water partition coefficient (Wildman–Crippen LogP) is 4.82. The number of hydrogen-bond acceptors (Lipinski definition) is 7. The molecule has 9 nitrogen and oxygen atoms in total. The van der Waals surface area contributed by atoms with Crippen LogP contribution in [-0.4, -0.2) is 44.7 Å². The van der Waals surface area contributed by atoms with E-state index in [-0.39, 0.29) is 39.6 Å². The van der Waals surface area contributed by atoms with Crippen molar-refractivity contribution in [2.75, 3.05) is 23.8 Å². The summed E-state index contributed by atoms with van der Waals surface area (Å²) in [5, 5.41) is 6.71. The molecule has 0 unspecified atom stereocenters. The lowest BCUT2D eigenvalue weighted by molar-refractivity contribution is -0.122. The Morgan fingerprint density at radius 3 is 2.57 bits per heavy atom. The molecule has 0 bridgehead atoms. The minimum absolute atomic E-state index is 0.0232. The average Bonchev–Trinajstić information content (AvgIpc) is 3.22.